The van der Waals surface area contributed by atoms with Crippen LogP contribution in [0.2, 0.25) is 0 Å². The smallest absolute Gasteiger partial charge is 0.407 e. The van der Waals surface area contributed by atoms with Gasteiger partial charge in [-0.25, -0.2) is 4.79 Å². The van der Waals surface area contributed by atoms with Crippen LogP contribution < -0.4 is 5.32 Å². The molecule has 1 saturated heterocycles. The highest BCUT2D eigenvalue weighted by Crippen LogP contribution is 2.37. The van der Waals surface area contributed by atoms with Gasteiger partial charge in [-0.2, -0.15) is 0 Å². The zero-order chi connectivity index (χ0) is 17.1. The topological polar surface area (TPSA) is 41.6 Å². The Balaban J connectivity index is 1.36. The van der Waals surface area contributed by atoms with Gasteiger partial charge in [-0.05, 0) is 17.6 Å². The molecule has 0 radical (unpaired) electrons. The van der Waals surface area contributed by atoms with Crippen molar-refractivity contribution in [3.8, 4) is 0 Å². The first-order valence-corrected chi connectivity index (χ1v) is 9.11. The van der Waals surface area contributed by atoms with Crippen LogP contribution in [0.15, 0.2) is 65.9 Å². The molecule has 0 aromatic heterocycles. The fraction of sp³-hybridized carbons (Fsp3) is 0.381. The van der Waals surface area contributed by atoms with Crippen molar-refractivity contribution < 1.29 is 9.53 Å². The summed E-state index contributed by atoms with van der Waals surface area (Å²) in [4.78, 5) is 14.6. The number of fused-ring (bicyclic) bond motifs is 2. The number of alkyl carbamates (subject to hydrolysis) is 1. The van der Waals surface area contributed by atoms with Crippen molar-refractivity contribution in [2.45, 2.75) is 31.9 Å². The van der Waals surface area contributed by atoms with E-state index in [4.69, 9.17) is 4.74 Å². The van der Waals surface area contributed by atoms with Gasteiger partial charge in [0.05, 0.1) is 0 Å². The van der Waals surface area contributed by atoms with Crippen molar-refractivity contribution in [1.82, 2.24) is 10.2 Å². The molecule has 0 bridgehead atoms. The summed E-state index contributed by atoms with van der Waals surface area (Å²) < 4.78 is 5.69. The molecule has 1 amide bonds. The lowest BCUT2D eigenvalue weighted by Crippen LogP contribution is -2.42. The lowest BCUT2D eigenvalue weighted by Gasteiger charge is -2.42. The molecule has 1 N–H and O–H groups in total. The summed E-state index contributed by atoms with van der Waals surface area (Å²) in [5, 5.41) is 2.86. The third kappa shape index (κ3) is 3.63. The molecular weight excluding hydrogens is 312 g/mol. The number of carbonyl (C=O) groups excluding carboxylic acids is 1. The van der Waals surface area contributed by atoms with E-state index in [0.717, 1.165) is 31.5 Å². The maximum Gasteiger partial charge on any atom is 0.407 e. The van der Waals surface area contributed by atoms with Crippen LogP contribution >= 0.6 is 0 Å². The predicted molar refractivity (Wildman–Crippen MR) is 97.8 cm³/mol. The van der Waals surface area contributed by atoms with E-state index in [1.165, 1.54) is 17.7 Å². The summed E-state index contributed by atoms with van der Waals surface area (Å²) in [5.41, 5.74) is 3.85. The fourth-order valence-electron chi connectivity index (χ4n) is 3.93. The number of nitrogens with zero attached hydrogens (tertiary/aromatic N) is 1. The molecule has 0 saturated carbocycles. The highest BCUT2D eigenvalue weighted by Gasteiger charge is 2.32. The number of hydrogen-bond acceptors (Lipinski definition) is 3. The lowest BCUT2D eigenvalue weighted by molar-refractivity contribution is 0.0635. The minimum Gasteiger partial charge on any atom is -0.446 e. The Kier molecular flexibility index (Phi) is 4.59. The van der Waals surface area contributed by atoms with Crippen LogP contribution in [-0.2, 0) is 11.3 Å². The van der Waals surface area contributed by atoms with Gasteiger partial charge in [0.2, 0.25) is 0 Å². The molecule has 4 heteroatoms. The summed E-state index contributed by atoms with van der Waals surface area (Å²) in [6.45, 7) is 2.58. The van der Waals surface area contributed by atoms with Gasteiger partial charge in [-0.1, -0.05) is 54.6 Å². The van der Waals surface area contributed by atoms with Crippen molar-refractivity contribution in [2.24, 2.45) is 5.92 Å². The molecule has 1 aliphatic carbocycles. The van der Waals surface area contributed by atoms with Crippen molar-refractivity contribution in [3.05, 3.63) is 71.5 Å². The molecule has 4 rings (SSSR count). The lowest BCUT2D eigenvalue weighted by atomic mass is 9.83. The number of piperidine rings is 1. The average molecular weight is 336 g/mol. The molecule has 2 aliphatic heterocycles. The van der Waals surface area contributed by atoms with Crippen LogP contribution in [0.4, 0.5) is 4.79 Å². The van der Waals surface area contributed by atoms with Gasteiger partial charge in [0.25, 0.3) is 0 Å². The average Bonchev–Trinajstić information content (AvgIpc) is 2.67. The zero-order valence-electron chi connectivity index (χ0n) is 14.4. The molecule has 130 valence electrons. The summed E-state index contributed by atoms with van der Waals surface area (Å²) in [6.07, 6.45) is 11.3. The molecule has 2 atom stereocenters. The second-order valence-electron chi connectivity index (χ2n) is 6.89. The van der Waals surface area contributed by atoms with E-state index in [9.17, 15) is 4.79 Å². The van der Waals surface area contributed by atoms with Crippen LogP contribution in [0, 0.1) is 5.92 Å². The summed E-state index contributed by atoms with van der Waals surface area (Å²) in [7, 11) is 0. The Hall–Kier alpha value is -2.49. The standard InChI is InChI=1S/C21H24N2O2/c24-21(22-15-16-6-2-1-3-7-16)25-18-11-13-23-12-10-17-8-4-5-9-19(17)20(23)14-18/h1-9,17-18H,10-15H2,(H,22,24). The van der Waals surface area contributed by atoms with Crippen LogP contribution in [0.3, 0.4) is 0 Å². The molecule has 0 spiro atoms. The van der Waals surface area contributed by atoms with Gasteiger partial charge in [-0.3, -0.25) is 0 Å². The molecule has 1 aromatic rings. The largest absolute Gasteiger partial charge is 0.446 e. The number of allylic oxidation sites excluding steroid dienone is 5. The summed E-state index contributed by atoms with van der Waals surface area (Å²) in [5.74, 6) is 0.530. The highest BCUT2D eigenvalue weighted by atomic mass is 16.6. The Bertz CT molecular complexity index is 721. The first-order chi connectivity index (χ1) is 12.3. The number of carbonyl (C=O) groups is 1. The first kappa shape index (κ1) is 16.0. The number of nitrogens with one attached hydrogen (secondary N) is 1. The molecule has 1 aromatic carbocycles. The van der Waals surface area contributed by atoms with Crippen molar-refractivity contribution in [3.63, 3.8) is 0 Å². The van der Waals surface area contributed by atoms with E-state index in [-0.39, 0.29) is 12.2 Å². The molecule has 25 heavy (non-hydrogen) atoms. The normalized spacial score (nSPS) is 24.6. The van der Waals surface area contributed by atoms with E-state index >= 15 is 0 Å². The predicted octanol–water partition coefficient (Wildman–Crippen LogP) is 3.78. The van der Waals surface area contributed by atoms with Crippen molar-refractivity contribution in [2.75, 3.05) is 13.1 Å². The Morgan fingerprint density at radius 2 is 2.00 bits per heavy atom. The summed E-state index contributed by atoms with van der Waals surface area (Å²) in [6, 6.07) is 9.90. The minimum absolute atomic E-state index is 0.0346. The molecule has 2 unspecified atom stereocenters. The molecule has 2 heterocycles. The Morgan fingerprint density at radius 3 is 2.88 bits per heavy atom. The van der Waals surface area contributed by atoms with Crippen molar-refractivity contribution in [1.29, 1.82) is 0 Å². The van der Waals surface area contributed by atoms with Gasteiger partial charge in [0, 0.05) is 44.1 Å². The fourth-order valence-corrected chi connectivity index (χ4v) is 3.93. The second-order valence-corrected chi connectivity index (χ2v) is 6.89. The van der Waals surface area contributed by atoms with Crippen molar-refractivity contribution >= 4 is 6.09 Å². The van der Waals surface area contributed by atoms with E-state index < -0.39 is 0 Å². The van der Waals surface area contributed by atoms with Gasteiger partial charge in [0.1, 0.15) is 6.10 Å². The molecular formula is C21H24N2O2. The van der Waals surface area contributed by atoms with Crippen LogP contribution in [0.5, 0.6) is 0 Å². The molecule has 1 fully saturated rings. The second kappa shape index (κ2) is 7.18. The van der Waals surface area contributed by atoms with Gasteiger partial charge in [-0.15, -0.1) is 0 Å². The van der Waals surface area contributed by atoms with Crippen LogP contribution in [0.1, 0.15) is 24.8 Å². The zero-order valence-corrected chi connectivity index (χ0v) is 14.4. The van der Waals surface area contributed by atoms with E-state index in [1.54, 1.807) is 0 Å². The van der Waals surface area contributed by atoms with E-state index in [2.05, 4.69) is 34.5 Å². The Labute approximate surface area is 148 Å². The minimum atomic E-state index is -0.320. The van der Waals surface area contributed by atoms with E-state index in [0.29, 0.717) is 12.5 Å². The third-order valence-corrected chi connectivity index (χ3v) is 5.25. The van der Waals surface area contributed by atoms with Crippen LogP contribution in [0.25, 0.3) is 0 Å². The molecule has 3 aliphatic rings. The Morgan fingerprint density at radius 1 is 1.16 bits per heavy atom. The van der Waals surface area contributed by atoms with Gasteiger partial charge >= 0.3 is 6.09 Å². The summed E-state index contributed by atoms with van der Waals surface area (Å²) >= 11 is 0. The number of amides is 1. The maximum absolute atomic E-state index is 12.1. The number of rotatable bonds is 3. The van der Waals surface area contributed by atoms with E-state index in [1.807, 2.05) is 30.3 Å². The maximum atomic E-state index is 12.1. The first-order valence-electron chi connectivity index (χ1n) is 9.11. The number of benzene rings is 1. The quantitative estimate of drug-likeness (QED) is 0.913. The highest BCUT2D eigenvalue weighted by molar-refractivity contribution is 5.67. The monoisotopic (exact) mass is 336 g/mol. The number of ether oxygens (including phenoxy) is 1. The SMILES string of the molecule is O=C(NCc1ccccc1)OC1CCN2CCC3C=CC=CC3=C2C1. The van der Waals surface area contributed by atoms with Crippen LogP contribution in [-0.4, -0.2) is 30.2 Å². The van der Waals surface area contributed by atoms with Gasteiger partial charge < -0.3 is 15.0 Å². The van der Waals surface area contributed by atoms with Gasteiger partial charge in [0.15, 0.2) is 0 Å². The molecule has 4 nitrogen and oxygen atoms in total. The third-order valence-electron chi connectivity index (χ3n) is 5.25. The number of hydrogen-bond donors (Lipinski definition) is 1.